The third-order valence-corrected chi connectivity index (χ3v) is 6.61. The summed E-state index contributed by atoms with van der Waals surface area (Å²) in [6.07, 6.45) is -8.63. The summed E-state index contributed by atoms with van der Waals surface area (Å²) in [5, 5.41) is 69.6. The van der Waals surface area contributed by atoms with Crippen LogP contribution in [0.3, 0.4) is 0 Å². The van der Waals surface area contributed by atoms with E-state index in [9.17, 15) is 50.1 Å². The molecule has 2 aromatic carbocycles. The lowest BCUT2D eigenvalue weighted by Crippen LogP contribution is -2.60. The van der Waals surface area contributed by atoms with Crippen LogP contribution in [0.1, 0.15) is 11.1 Å². The second-order valence-electron chi connectivity index (χ2n) is 9.44. The predicted octanol–water partition coefficient (Wildman–Crippen LogP) is -1.26. The number of ether oxygens (including phenoxy) is 5. The van der Waals surface area contributed by atoms with E-state index in [0.717, 1.165) is 13.2 Å². The first-order valence-electron chi connectivity index (χ1n) is 12.7. The number of aromatic hydroxyl groups is 1. The van der Waals surface area contributed by atoms with Gasteiger partial charge in [0.05, 0.1) is 20.8 Å². The molecule has 234 valence electrons. The number of aliphatic hydroxyl groups excluding tert-OH is 5. The van der Waals surface area contributed by atoms with Crippen molar-refractivity contribution in [3.05, 3.63) is 59.7 Å². The third-order valence-electron chi connectivity index (χ3n) is 6.61. The number of hydrogen-bond donors (Lipinski definition) is 7. The number of carboxylic acid groups (broad SMARTS) is 1. The summed E-state index contributed by atoms with van der Waals surface area (Å²) in [6, 6.07) is 9.29. The largest absolute Gasteiger partial charge is 0.508 e. The topological polar surface area (TPSA) is 239 Å². The molecule has 1 saturated heterocycles. The third kappa shape index (κ3) is 7.59. The number of carbonyl (C=O) groups excluding carboxylic acids is 2. The Labute approximate surface area is 244 Å². The van der Waals surface area contributed by atoms with E-state index in [1.807, 2.05) is 0 Å². The second-order valence-corrected chi connectivity index (χ2v) is 9.44. The van der Waals surface area contributed by atoms with Gasteiger partial charge in [-0.25, -0.2) is 14.4 Å². The lowest BCUT2D eigenvalue weighted by Gasteiger charge is -2.39. The molecule has 15 heteroatoms. The molecule has 0 spiro atoms. The highest BCUT2D eigenvalue weighted by Crippen LogP contribution is 2.33. The van der Waals surface area contributed by atoms with Crippen LogP contribution in [0.4, 0.5) is 0 Å². The van der Waals surface area contributed by atoms with Gasteiger partial charge < -0.3 is 59.4 Å². The van der Waals surface area contributed by atoms with E-state index in [4.69, 9.17) is 18.9 Å². The SMILES string of the molecule is COC(=O)C(O)C(Cc1ccc(O)cc1)(OC(=O)/C=C/c1ccc(O[C@@H]2O[C@H](CO)[C@@H](O)[C@H](O)[C@H]2O)c(OC)c1)C(=O)O. The summed E-state index contributed by atoms with van der Waals surface area (Å²) in [6.45, 7) is -0.656. The number of carboxylic acids is 1. The Morgan fingerprint density at radius 2 is 1.67 bits per heavy atom. The van der Waals surface area contributed by atoms with E-state index in [0.29, 0.717) is 5.56 Å². The van der Waals surface area contributed by atoms with Crippen molar-refractivity contribution in [2.24, 2.45) is 0 Å². The van der Waals surface area contributed by atoms with Gasteiger partial charge in [0, 0.05) is 12.5 Å². The Hall–Kier alpha value is -4.25. The molecule has 0 radical (unpaired) electrons. The lowest BCUT2D eigenvalue weighted by atomic mass is 9.88. The van der Waals surface area contributed by atoms with Crippen LogP contribution < -0.4 is 9.47 Å². The van der Waals surface area contributed by atoms with Crippen molar-refractivity contribution >= 4 is 24.0 Å². The minimum absolute atomic E-state index is 0.0200. The van der Waals surface area contributed by atoms with E-state index < -0.39 is 73.3 Å². The van der Waals surface area contributed by atoms with Crippen LogP contribution in [-0.4, -0.2) is 117 Å². The summed E-state index contributed by atoms with van der Waals surface area (Å²) in [7, 11) is 2.20. The molecule has 0 bridgehead atoms. The Balaban J connectivity index is 1.82. The molecular weight excluding hydrogens is 576 g/mol. The first kappa shape index (κ1) is 33.3. The first-order chi connectivity index (χ1) is 20.4. The van der Waals surface area contributed by atoms with Gasteiger partial charge in [0.1, 0.15) is 30.2 Å². The maximum absolute atomic E-state index is 12.8. The Bertz CT molecular complexity index is 1310. The number of aliphatic carboxylic acids is 1. The van der Waals surface area contributed by atoms with Crippen LogP contribution in [0, 0.1) is 0 Å². The van der Waals surface area contributed by atoms with Crippen LogP contribution in [-0.2, 0) is 35.0 Å². The van der Waals surface area contributed by atoms with Crippen LogP contribution in [0.5, 0.6) is 17.2 Å². The fourth-order valence-corrected chi connectivity index (χ4v) is 4.20. The van der Waals surface area contributed by atoms with Crippen molar-refractivity contribution < 1.29 is 73.8 Å². The second kappa shape index (κ2) is 14.3. The zero-order valence-corrected chi connectivity index (χ0v) is 23.0. The number of esters is 2. The summed E-state index contributed by atoms with van der Waals surface area (Å²) in [5.41, 5.74) is -2.28. The molecule has 7 atom stereocenters. The van der Waals surface area contributed by atoms with Gasteiger partial charge in [0.15, 0.2) is 11.5 Å². The average molecular weight is 609 g/mol. The van der Waals surface area contributed by atoms with Gasteiger partial charge in [-0.2, -0.15) is 0 Å². The summed E-state index contributed by atoms with van der Waals surface area (Å²) in [4.78, 5) is 37.3. The van der Waals surface area contributed by atoms with Gasteiger partial charge in [-0.1, -0.05) is 18.2 Å². The quantitative estimate of drug-likeness (QED) is 0.110. The fraction of sp³-hybridized carbons (Fsp3) is 0.393. The summed E-state index contributed by atoms with van der Waals surface area (Å²) in [5.74, 6) is -4.48. The van der Waals surface area contributed by atoms with E-state index in [2.05, 4.69) is 4.74 Å². The molecular formula is C28H32O15. The van der Waals surface area contributed by atoms with E-state index in [1.165, 1.54) is 55.7 Å². The van der Waals surface area contributed by atoms with Gasteiger partial charge in [0.2, 0.25) is 18.0 Å². The maximum atomic E-state index is 12.8. The fourth-order valence-electron chi connectivity index (χ4n) is 4.20. The molecule has 0 aromatic heterocycles. The zero-order chi connectivity index (χ0) is 31.9. The highest BCUT2D eigenvalue weighted by atomic mass is 16.7. The Kier molecular flexibility index (Phi) is 11.0. The molecule has 2 unspecified atom stereocenters. The number of benzene rings is 2. The highest BCUT2D eigenvalue weighted by Gasteiger charge is 2.53. The van der Waals surface area contributed by atoms with Gasteiger partial charge in [-0.05, 0) is 41.5 Å². The monoisotopic (exact) mass is 608 g/mol. The number of methoxy groups -OCH3 is 2. The number of hydrogen-bond acceptors (Lipinski definition) is 14. The van der Waals surface area contributed by atoms with Crippen molar-refractivity contribution in [1.82, 2.24) is 0 Å². The predicted molar refractivity (Wildman–Crippen MR) is 143 cm³/mol. The van der Waals surface area contributed by atoms with Gasteiger partial charge >= 0.3 is 17.9 Å². The number of rotatable bonds is 12. The minimum atomic E-state index is -2.80. The molecule has 7 N–H and O–H groups in total. The maximum Gasteiger partial charge on any atom is 0.352 e. The van der Waals surface area contributed by atoms with Crippen LogP contribution in [0.2, 0.25) is 0 Å². The zero-order valence-electron chi connectivity index (χ0n) is 23.0. The lowest BCUT2D eigenvalue weighted by molar-refractivity contribution is -0.277. The van der Waals surface area contributed by atoms with E-state index in [1.54, 1.807) is 0 Å². The molecule has 1 heterocycles. The number of carbonyl (C=O) groups is 3. The van der Waals surface area contributed by atoms with Crippen LogP contribution >= 0.6 is 0 Å². The molecule has 43 heavy (non-hydrogen) atoms. The first-order valence-corrected chi connectivity index (χ1v) is 12.7. The van der Waals surface area contributed by atoms with Gasteiger partial charge in [-0.3, -0.25) is 0 Å². The van der Waals surface area contributed by atoms with Crippen LogP contribution in [0.15, 0.2) is 48.5 Å². The molecule has 3 rings (SSSR count). The minimum Gasteiger partial charge on any atom is -0.508 e. The number of aliphatic hydroxyl groups is 5. The smallest absolute Gasteiger partial charge is 0.352 e. The summed E-state index contributed by atoms with van der Waals surface area (Å²) < 4.78 is 25.8. The standard InChI is InChI=1S/C28H32O15/c1-39-18-11-14(5-9-17(18)41-26-23(34)22(33)21(32)19(13-29)42-26)6-10-20(31)43-28(27(37)38,24(35)25(36)40-2)12-15-3-7-16(30)8-4-15/h3-11,19,21-24,26,29-30,32-35H,12-13H2,1-2H3,(H,37,38)/b10-6+/t19-,21-,22+,23-,24?,26-,28?/m1/s1. The Morgan fingerprint density at radius 3 is 2.26 bits per heavy atom. The van der Waals surface area contributed by atoms with E-state index >= 15 is 0 Å². The summed E-state index contributed by atoms with van der Waals surface area (Å²) >= 11 is 0. The normalized spacial score (nSPS) is 24.0. The van der Waals surface area contributed by atoms with Crippen molar-refractivity contribution in [2.45, 2.75) is 48.8 Å². The molecule has 1 fully saturated rings. The van der Waals surface area contributed by atoms with E-state index in [-0.39, 0.29) is 22.8 Å². The van der Waals surface area contributed by atoms with Crippen molar-refractivity contribution in [3.63, 3.8) is 0 Å². The molecule has 1 aliphatic heterocycles. The van der Waals surface area contributed by atoms with Gasteiger partial charge in [-0.15, -0.1) is 0 Å². The molecule has 0 amide bonds. The average Bonchev–Trinajstić information content (AvgIpc) is 3.00. The van der Waals surface area contributed by atoms with Gasteiger partial charge in [0.25, 0.3) is 0 Å². The molecule has 0 saturated carbocycles. The molecule has 15 nitrogen and oxygen atoms in total. The molecule has 0 aliphatic carbocycles. The Morgan fingerprint density at radius 1 is 1.00 bits per heavy atom. The number of phenols is 1. The number of phenolic OH excluding ortho intramolecular Hbond substituents is 1. The van der Waals surface area contributed by atoms with Crippen molar-refractivity contribution in [3.8, 4) is 17.2 Å². The van der Waals surface area contributed by atoms with Crippen molar-refractivity contribution in [1.29, 1.82) is 0 Å². The van der Waals surface area contributed by atoms with Crippen molar-refractivity contribution in [2.75, 3.05) is 20.8 Å². The highest BCUT2D eigenvalue weighted by molar-refractivity contribution is 5.94. The molecule has 2 aromatic rings. The molecule has 1 aliphatic rings. The van der Waals surface area contributed by atoms with Crippen LogP contribution in [0.25, 0.3) is 6.08 Å².